The molecule has 1 aliphatic heterocycles. The Morgan fingerprint density at radius 1 is 1.44 bits per heavy atom. The van der Waals surface area contributed by atoms with E-state index in [9.17, 15) is 4.79 Å². The van der Waals surface area contributed by atoms with Crippen molar-refractivity contribution in [2.24, 2.45) is 5.92 Å². The van der Waals surface area contributed by atoms with Gasteiger partial charge in [-0.3, -0.25) is 0 Å². The lowest BCUT2D eigenvalue weighted by Gasteiger charge is -2.25. The third kappa shape index (κ3) is 2.88. The minimum atomic E-state index is -0.411. The fraction of sp³-hybridized carbons (Fsp3) is 0.917. The molecule has 2 fully saturated rings. The molecular weight excluding hydrogens is 204 g/mol. The van der Waals surface area contributed by atoms with Crippen molar-refractivity contribution in [3.8, 4) is 0 Å². The zero-order chi connectivity index (χ0) is 11.8. The van der Waals surface area contributed by atoms with Gasteiger partial charge in [0.1, 0.15) is 5.60 Å². The van der Waals surface area contributed by atoms with Crippen LogP contribution in [0.4, 0.5) is 4.79 Å². The summed E-state index contributed by atoms with van der Waals surface area (Å²) in [4.78, 5) is 11.5. The molecule has 2 N–H and O–H groups in total. The number of fused-ring (bicyclic) bond motifs is 2. The number of rotatable bonds is 2. The summed E-state index contributed by atoms with van der Waals surface area (Å²) >= 11 is 0. The van der Waals surface area contributed by atoms with Crippen LogP contribution in [0.1, 0.15) is 40.0 Å². The van der Waals surface area contributed by atoms with Gasteiger partial charge < -0.3 is 15.4 Å². The lowest BCUT2D eigenvalue weighted by Crippen LogP contribution is -2.45. The van der Waals surface area contributed by atoms with E-state index in [1.54, 1.807) is 0 Å². The number of nitrogens with one attached hydrogen (secondary N) is 2. The lowest BCUT2D eigenvalue weighted by atomic mass is 10.0. The van der Waals surface area contributed by atoms with Crippen molar-refractivity contribution in [1.82, 2.24) is 10.6 Å². The van der Waals surface area contributed by atoms with Crippen LogP contribution < -0.4 is 10.6 Å². The van der Waals surface area contributed by atoms with Crippen LogP contribution in [-0.4, -0.2) is 30.3 Å². The van der Waals surface area contributed by atoms with Crippen LogP contribution in [0.3, 0.4) is 0 Å². The first kappa shape index (κ1) is 11.7. The maximum atomic E-state index is 11.5. The van der Waals surface area contributed by atoms with Gasteiger partial charge in [-0.05, 0) is 46.0 Å². The minimum absolute atomic E-state index is 0.308. The molecule has 0 aromatic rings. The minimum Gasteiger partial charge on any atom is -0.444 e. The van der Waals surface area contributed by atoms with Gasteiger partial charge in [-0.15, -0.1) is 0 Å². The molecule has 4 heteroatoms. The Morgan fingerprint density at radius 2 is 2.19 bits per heavy atom. The Labute approximate surface area is 97.1 Å². The van der Waals surface area contributed by atoms with E-state index in [2.05, 4.69) is 10.6 Å². The summed E-state index contributed by atoms with van der Waals surface area (Å²) in [6.07, 6.45) is 3.57. The monoisotopic (exact) mass is 226 g/mol. The highest BCUT2D eigenvalue weighted by atomic mass is 16.6. The molecule has 2 bridgehead atoms. The number of amides is 1. The van der Waals surface area contributed by atoms with Crippen molar-refractivity contribution in [1.29, 1.82) is 0 Å². The molecule has 1 amide bonds. The summed E-state index contributed by atoms with van der Waals surface area (Å²) in [7, 11) is 0. The number of hydrogen-bond acceptors (Lipinski definition) is 3. The summed E-state index contributed by atoms with van der Waals surface area (Å²) in [6.45, 7) is 6.32. The van der Waals surface area contributed by atoms with Crippen molar-refractivity contribution >= 4 is 6.09 Å². The maximum absolute atomic E-state index is 11.5. The standard InChI is InChI=1S/C12H22N2O2/c1-12(2,3)16-11(15)13-7-10-8-4-5-9(6-8)14-10/h8-10,14H,4-7H2,1-3H3,(H,13,15). The van der Waals surface area contributed by atoms with Crippen molar-refractivity contribution in [3.05, 3.63) is 0 Å². The first-order chi connectivity index (χ1) is 7.44. The Morgan fingerprint density at radius 3 is 2.69 bits per heavy atom. The van der Waals surface area contributed by atoms with Crippen LogP contribution >= 0.6 is 0 Å². The van der Waals surface area contributed by atoms with Crippen molar-refractivity contribution in [3.63, 3.8) is 0 Å². The molecule has 1 aliphatic carbocycles. The van der Waals surface area contributed by atoms with E-state index in [0.717, 1.165) is 5.92 Å². The van der Waals surface area contributed by atoms with Gasteiger partial charge in [0, 0.05) is 18.6 Å². The van der Waals surface area contributed by atoms with Crippen LogP contribution in [0.5, 0.6) is 0 Å². The average Bonchev–Trinajstić information content (AvgIpc) is 2.72. The predicted molar refractivity (Wildman–Crippen MR) is 62.3 cm³/mol. The van der Waals surface area contributed by atoms with E-state index in [-0.39, 0.29) is 6.09 Å². The van der Waals surface area contributed by atoms with Crippen LogP contribution in [0, 0.1) is 5.92 Å². The first-order valence-electron chi connectivity index (χ1n) is 6.17. The zero-order valence-electron chi connectivity index (χ0n) is 10.4. The SMILES string of the molecule is CC(C)(C)OC(=O)NCC1NC2CCC1C2. The van der Waals surface area contributed by atoms with Crippen molar-refractivity contribution in [2.75, 3.05) is 6.54 Å². The van der Waals surface area contributed by atoms with Crippen LogP contribution in [-0.2, 0) is 4.74 Å². The maximum Gasteiger partial charge on any atom is 0.407 e. The molecule has 92 valence electrons. The summed E-state index contributed by atoms with van der Waals surface area (Å²) in [6, 6.07) is 1.14. The van der Waals surface area contributed by atoms with Gasteiger partial charge >= 0.3 is 6.09 Å². The molecule has 0 aromatic carbocycles. The summed E-state index contributed by atoms with van der Waals surface area (Å²) in [5.74, 6) is 0.750. The molecule has 3 unspecified atom stereocenters. The van der Waals surface area contributed by atoms with Crippen LogP contribution in [0.15, 0.2) is 0 Å². The fourth-order valence-corrected chi connectivity index (χ4v) is 2.71. The molecule has 16 heavy (non-hydrogen) atoms. The zero-order valence-corrected chi connectivity index (χ0v) is 10.4. The van der Waals surface area contributed by atoms with Gasteiger partial charge in [0.2, 0.25) is 0 Å². The number of carbonyl (C=O) groups excluding carboxylic acids is 1. The highest BCUT2D eigenvalue weighted by molar-refractivity contribution is 5.67. The number of carbonyl (C=O) groups is 1. The van der Waals surface area contributed by atoms with E-state index in [4.69, 9.17) is 4.74 Å². The highest BCUT2D eigenvalue weighted by Crippen LogP contribution is 2.34. The second-order valence-electron chi connectivity index (χ2n) is 5.93. The second kappa shape index (κ2) is 4.24. The fourth-order valence-electron chi connectivity index (χ4n) is 2.71. The smallest absolute Gasteiger partial charge is 0.407 e. The second-order valence-corrected chi connectivity index (χ2v) is 5.93. The molecule has 1 saturated heterocycles. The van der Waals surface area contributed by atoms with Gasteiger partial charge in [-0.25, -0.2) is 4.79 Å². The van der Waals surface area contributed by atoms with E-state index in [0.29, 0.717) is 18.6 Å². The topological polar surface area (TPSA) is 50.4 Å². The number of hydrogen-bond donors (Lipinski definition) is 2. The molecule has 0 spiro atoms. The summed E-state index contributed by atoms with van der Waals surface area (Å²) < 4.78 is 5.20. The average molecular weight is 226 g/mol. The largest absolute Gasteiger partial charge is 0.444 e. The number of alkyl carbamates (subject to hydrolysis) is 1. The van der Waals surface area contributed by atoms with E-state index < -0.39 is 5.60 Å². The summed E-state index contributed by atoms with van der Waals surface area (Å²) in [5.41, 5.74) is -0.411. The van der Waals surface area contributed by atoms with E-state index in [1.165, 1.54) is 19.3 Å². The molecule has 4 nitrogen and oxygen atoms in total. The Balaban J connectivity index is 1.70. The van der Waals surface area contributed by atoms with Crippen LogP contribution in [0.25, 0.3) is 0 Å². The van der Waals surface area contributed by atoms with Crippen molar-refractivity contribution < 1.29 is 9.53 Å². The van der Waals surface area contributed by atoms with E-state index in [1.807, 2.05) is 20.8 Å². The van der Waals surface area contributed by atoms with Gasteiger partial charge in [-0.1, -0.05) is 0 Å². The van der Waals surface area contributed by atoms with Crippen molar-refractivity contribution in [2.45, 2.75) is 57.7 Å². The highest BCUT2D eigenvalue weighted by Gasteiger charge is 2.38. The molecule has 0 aromatic heterocycles. The van der Waals surface area contributed by atoms with Gasteiger partial charge in [-0.2, -0.15) is 0 Å². The molecule has 0 radical (unpaired) electrons. The van der Waals surface area contributed by atoms with Gasteiger partial charge in [0.15, 0.2) is 0 Å². The molecule has 2 rings (SSSR count). The molecule has 3 atom stereocenters. The van der Waals surface area contributed by atoms with E-state index >= 15 is 0 Å². The van der Waals surface area contributed by atoms with Crippen LogP contribution in [0.2, 0.25) is 0 Å². The Kier molecular flexibility index (Phi) is 3.10. The predicted octanol–water partition coefficient (Wildman–Crippen LogP) is 1.65. The molecule has 1 saturated carbocycles. The number of piperidine rings is 1. The molecule has 2 aliphatic rings. The lowest BCUT2D eigenvalue weighted by molar-refractivity contribution is 0.0519. The molecular formula is C12H22N2O2. The Hall–Kier alpha value is -0.770. The summed E-state index contributed by atoms with van der Waals surface area (Å²) in [5, 5.41) is 6.38. The van der Waals surface area contributed by atoms with Gasteiger partial charge in [0.25, 0.3) is 0 Å². The third-order valence-electron chi connectivity index (χ3n) is 3.36. The third-order valence-corrected chi connectivity index (χ3v) is 3.36. The van der Waals surface area contributed by atoms with Gasteiger partial charge in [0.05, 0.1) is 0 Å². The normalized spacial score (nSPS) is 32.8. The number of ether oxygens (including phenoxy) is 1. The first-order valence-corrected chi connectivity index (χ1v) is 6.17. The quantitative estimate of drug-likeness (QED) is 0.752. The molecule has 1 heterocycles. The Bertz CT molecular complexity index is 273.